The highest BCUT2D eigenvalue weighted by atomic mass is 15.3. The number of rotatable bonds is 3. The Labute approximate surface area is 121 Å². The molecule has 1 fully saturated rings. The van der Waals surface area contributed by atoms with Crippen LogP contribution in [0.15, 0.2) is 24.4 Å². The number of hydrogen-bond donors (Lipinski definition) is 0. The van der Waals surface area contributed by atoms with Gasteiger partial charge in [0.2, 0.25) is 0 Å². The first kappa shape index (κ1) is 13.6. The van der Waals surface area contributed by atoms with Gasteiger partial charge >= 0.3 is 0 Å². The molecule has 3 nitrogen and oxygen atoms in total. The number of aromatic nitrogens is 2. The molecule has 3 heteroatoms. The fraction of sp³-hybridized carbons (Fsp3) is 0.588. The lowest BCUT2D eigenvalue weighted by molar-refractivity contribution is 0.318. The van der Waals surface area contributed by atoms with E-state index in [9.17, 15) is 0 Å². The van der Waals surface area contributed by atoms with Gasteiger partial charge in [-0.1, -0.05) is 26.8 Å². The second-order valence-electron chi connectivity index (χ2n) is 6.94. The topological polar surface area (TPSA) is 21.1 Å². The maximum atomic E-state index is 4.57. The van der Waals surface area contributed by atoms with E-state index in [1.54, 1.807) is 0 Å². The monoisotopic (exact) mass is 271 g/mol. The number of likely N-dealkylation sites (tertiary alicyclic amines) is 1. The first-order valence-corrected chi connectivity index (χ1v) is 7.72. The fourth-order valence-electron chi connectivity index (χ4n) is 2.97. The van der Waals surface area contributed by atoms with Crippen LogP contribution in [0.25, 0.3) is 10.9 Å². The van der Waals surface area contributed by atoms with Crippen LogP contribution in [0.4, 0.5) is 0 Å². The maximum absolute atomic E-state index is 4.57. The van der Waals surface area contributed by atoms with Crippen molar-refractivity contribution in [2.75, 3.05) is 19.6 Å². The summed E-state index contributed by atoms with van der Waals surface area (Å²) in [6, 6.07) is 6.76. The lowest BCUT2D eigenvalue weighted by Gasteiger charge is -2.19. The maximum Gasteiger partial charge on any atom is 0.0683 e. The van der Waals surface area contributed by atoms with E-state index in [4.69, 9.17) is 0 Å². The summed E-state index contributed by atoms with van der Waals surface area (Å²) in [5.41, 5.74) is 2.84. The van der Waals surface area contributed by atoms with E-state index in [-0.39, 0.29) is 5.41 Å². The molecular formula is C17H25N3. The molecule has 2 heterocycles. The van der Waals surface area contributed by atoms with Crippen LogP contribution < -0.4 is 0 Å². The van der Waals surface area contributed by atoms with Crippen LogP contribution in [0.5, 0.6) is 0 Å². The summed E-state index contributed by atoms with van der Waals surface area (Å²) in [5, 5.41) is 5.83. The lowest BCUT2D eigenvalue weighted by atomic mass is 9.86. The van der Waals surface area contributed by atoms with Crippen LogP contribution in [0, 0.1) is 0 Å². The van der Waals surface area contributed by atoms with Crippen molar-refractivity contribution in [1.82, 2.24) is 14.7 Å². The summed E-state index contributed by atoms with van der Waals surface area (Å²) in [4.78, 5) is 2.54. The Morgan fingerprint density at radius 1 is 1.10 bits per heavy atom. The summed E-state index contributed by atoms with van der Waals surface area (Å²) in [6.07, 6.45) is 4.72. The van der Waals surface area contributed by atoms with E-state index in [1.807, 2.05) is 6.20 Å². The molecule has 0 unspecified atom stereocenters. The number of hydrogen-bond acceptors (Lipinski definition) is 2. The van der Waals surface area contributed by atoms with Crippen molar-refractivity contribution in [3.63, 3.8) is 0 Å². The minimum Gasteiger partial charge on any atom is -0.301 e. The normalized spacial score (nSPS) is 17.1. The van der Waals surface area contributed by atoms with E-state index < -0.39 is 0 Å². The van der Waals surface area contributed by atoms with Gasteiger partial charge in [0.25, 0.3) is 0 Å². The van der Waals surface area contributed by atoms with Crippen LogP contribution in [-0.2, 0) is 12.0 Å². The number of benzene rings is 1. The highest BCUT2D eigenvalue weighted by molar-refractivity contribution is 5.79. The van der Waals surface area contributed by atoms with Crippen LogP contribution in [0.3, 0.4) is 0 Å². The zero-order valence-electron chi connectivity index (χ0n) is 12.9. The Morgan fingerprint density at radius 2 is 1.85 bits per heavy atom. The van der Waals surface area contributed by atoms with Crippen LogP contribution >= 0.6 is 0 Å². The predicted molar refractivity (Wildman–Crippen MR) is 84.1 cm³/mol. The molecule has 0 amide bonds. The molecular weight excluding hydrogens is 246 g/mol. The minimum atomic E-state index is 0.200. The zero-order valence-corrected chi connectivity index (χ0v) is 12.9. The molecule has 1 aliphatic rings. The van der Waals surface area contributed by atoms with Crippen molar-refractivity contribution in [3.8, 4) is 0 Å². The van der Waals surface area contributed by atoms with Crippen molar-refractivity contribution >= 4 is 10.9 Å². The zero-order chi connectivity index (χ0) is 14.2. The van der Waals surface area contributed by atoms with Crippen molar-refractivity contribution < 1.29 is 0 Å². The van der Waals surface area contributed by atoms with Crippen molar-refractivity contribution in [3.05, 3.63) is 30.0 Å². The van der Waals surface area contributed by atoms with Crippen molar-refractivity contribution in [2.24, 2.45) is 0 Å². The number of nitrogens with zero attached hydrogens (tertiary/aromatic N) is 3. The van der Waals surface area contributed by atoms with Gasteiger partial charge in [0.05, 0.1) is 18.3 Å². The summed E-state index contributed by atoms with van der Waals surface area (Å²) in [7, 11) is 0. The smallest absolute Gasteiger partial charge is 0.0683 e. The molecule has 20 heavy (non-hydrogen) atoms. The van der Waals surface area contributed by atoms with E-state index in [0.717, 1.165) is 13.1 Å². The van der Waals surface area contributed by atoms with Gasteiger partial charge in [0.15, 0.2) is 0 Å². The molecule has 0 spiro atoms. The Morgan fingerprint density at radius 3 is 2.55 bits per heavy atom. The van der Waals surface area contributed by atoms with Crippen LogP contribution in [-0.4, -0.2) is 34.3 Å². The van der Waals surface area contributed by atoms with Crippen LogP contribution in [0.1, 0.15) is 39.2 Å². The van der Waals surface area contributed by atoms with Gasteiger partial charge in [-0.25, -0.2) is 0 Å². The predicted octanol–water partition coefficient (Wildman–Crippen LogP) is 3.43. The average molecular weight is 271 g/mol. The highest BCUT2D eigenvalue weighted by Crippen LogP contribution is 2.26. The third kappa shape index (κ3) is 2.73. The van der Waals surface area contributed by atoms with Gasteiger partial charge in [-0.2, -0.15) is 5.10 Å². The molecule has 2 aromatic rings. The summed E-state index contributed by atoms with van der Waals surface area (Å²) in [6.45, 7) is 11.4. The molecule has 0 atom stereocenters. The van der Waals surface area contributed by atoms with Gasteiger partial charge < -0.3 is 4.90 Å². The Balaban J connectivity index is 1.79. The first-order valence-electron chi connectivity index (χ1n) is 7.72. The van der Waals surface area contributed by atoms with Crippen LogP contribution in [0.2, 0.25) is 0 Å². The molecule has 0 saturated carbocycles. The average Bonchev–Trinajstić information content (AvgIpc) is 3.04. The summed E-state index contributed by atoms with van der Waals surface area (Å²) < 4.78 is 2.15. The Bertz CT molecular complexity index is 586. The van der Waals surface area contributed by atoms with Crippen molar-refractivity contribution in [1.29, 1.82) is 0 Å². The highest BCUT2D eigenvalue weighted by Gasteiger charge is 2.15. The molecule has 1 aromatic heterocycles. The summed E-state index contributed by atoms with van der Waals surface area (Å²) in [5.74, 6) is 0. The molecule has 1 aliphatic heterocycles. The third-order valence-corrected chi connectivity index (χ3v) is 4.33. The van der Waals surface area contributed by atoms with Gasteiger partial charge in [-0.3, -0.25) is 4.68 Å². The molecule has 108 valence electrons. The second kappa shape index (κ2) is 5.21. The largest absolute Gasteiger partial charge is 0.301 e. The Kier molecular flexibility index (Phi) is 3.55. The molecule has 0 bridgehead atoms. The molecule has 1 aromatic carbocycles. The van der Waals surface area contributed by atoms with Gasteiger partial charge in [0, 0.05) is 11.9 Å². The molecule has 0 radical (unpaired) electrons. The summed E-state index contributed by atoms with van der Waals surface area (Å²) >= 11 is 0. The molecule has 3 rings (SSSR count). The van der Waals surface area contributed by atoms with E-state index >= 15 is 0 Å². The standard InChI is InChI=1S/C17H25N3/c1-17(2,3)15-6-7-16-14(12-15)13-18-20(16)11-10-19-8-4-5-9-19/h6-7,12-13H,4-5,8-11H2,1-3H3. The quantitative estimate of drug-likeness (QED) is 0.853. The third-order valence-electron chi connectivity index (χ3n) is 4.33. The van der Waals surface area contributed by atoms with Gasteiger partial charge in [-0.15, -0.1) is 0 Å². The van der Waals surface area contributed by atoms with Gasteiger partial charge in [0.1, 0.15) is 0 Å². The molecule has 1 saturated heterocycles. The van der Waals surface area contributed by atoms with Crippen molar-refractivity contribution in [2.45, 2.75) is 45.6 Å². The number of fused-ring (bicyclic) bond motifs is 1. The first-order chi connectivity index (χ1) is 9.54. The molecule has 0 N–H and O–H groups in total. The van der Waals surface area contributed by atoms with Gasteiger partial charge in [-0.05, 0) is 49.0 Å². The molecule has 0 aliphatic carbocycles. The lowest BCUT2D eigenvalue weighted by Crippen LogP contribution is -2.24. The van der Waals surface area contributed by atoms with E-state index in [0.29, 0.717) is 0 Å². The Hall–Kier alpha value is -1.35. The minimum absolute atomic E-state index is 0.200. The second-order valence-corrected chi connectivity index (χ2v) is 6.94. The SMILES string of the molecule is CC(C)(C)c1ccc2c(cnn2CCN2CCCC2)c1. The van der Waals surface area contributed by atoms with E-state index in [2.05, 4.69) is 53.7 Å². The van der Waals surface area contributed by atoms with E-state index in [1.165, 1.54) is 42.4 Å². The fourth-order valence-corrected chi connectivity index (χ4v) is 2.97.